The fourth-order valence-corrected chi connectivity index (χ4v) is 4.97. The third kappa shape index (κ3) is 6.53. The number of fused-ring (bicyclic) bond motifs is 1. The lowest BCUT2D eigenvalue weighted by molar-refractivity contribution is -0.137. The number of ketones is 2. The van der Waals surface area contributed by atoms with Crippen molar-refractivity contribution in [3.05, 3.63) is 64.1 Å². The quantitative estimate of drug-likeness (QED) is 0.338. The van der Waals surface area contributed by atoms with E-state index in [1.165, 1.54) is 28.6 Å². The average Bonchev–Trinajstić information content (AvgIpc) is 3.83. The molecule has 2 aliphatic carbocycles. The summed E-state index contributed by atoms with van der Waals surface area (Å²) >= 11 is 5.81. The molecule has 1 N–H and O–H groups in total. The smallest absolute Gasteiger partial charge is 0.245 e. The largest absolute Gasteiger partial charge is 0.350 e. The van der Waals surface area contributed by atoms with E-state index in [2.05, 4.69) is 10.4 Å². The number of aromatic nitrogens is 2. The Hall–Kier alpha value is -3.59. The summed E-state index contributed by atoms with van der Waals surface area (Å²) in [5, 5.41) is 7.66. The number of rotatable bonds is 12. The van der Waals surface area contributed by atoms with Crippen LogP contribution in [-0.4, -0.2) is 50.6 Å². The second kappa shape index (κ2) is 11.3. The summed E-state index contributed by atoms with van der Waals surface area (Å²) in [4.78, 5) is 52.2. The number of nitrogens with zero attached hydrogens (tertiary/aromatic N) is 3. The second-order valence-corrected chi connectivity index (χ2v) is 10.9. The van der Waals surface area contributed by atoms with Crippen molar-refractivity contribution in [1.29, 1.82) is 0 Å². The van der Waals surface area contributed by atoms with Crippen LogP contribution in [0.4, 0.5) is 4.39 Å². The Labute approximate surface area is 230 Å². The normalized spacial score (nSPS) is 14.8. The summed E-state index contributed by atoms with van der Waals surface area (Å²) in [7, 11) is 0. The highest BCUT2D eigenvalue weighted by molar-refractivity contribution is 6.30. The molecule has 1 heterocycles. The number of Topliss-reactive ketones (excluding diaryl/α,β-unsaturated/α-hetero) is 2. The van der Waals surface area contributed by atoms with Gasteiger partial charge in [0.15, 0.2) is 5.78 Å². The number of halogens is 2. The zero-order chi connectivity index (χ0) is 27.7. The molecule has 3 aromatic rings. The van der Waals surface area contributed by atoms with E-state index in [-0.39, 0.29) is 59.4 Å². The molecule has 8 nitrogen and oxygen atoms in total. The van der Waals surface area contributed by atoms with Gasteiger partial charge >= 0.3 is 0 Å². The monoisotopic (exact) mass is 552 g/mol. The molecule has 0 unspecified atom stereocenters. The van der Waals surface area contributed by atoms with Gasteiger partial charge in [-0.3, -0.25) is 23.9 Å². The second-order valence-electron chi connectivity index (χ2n) is 10.5. The van der Waals surface area contributed by atoms with Gasteiger partial charge in [0.1, 0.15) is 23.8 Å². The predicted molar refractivity (Wildman–Crippen MR) is 144 cm³/mol. The van der Waals surface area contributed by atoms with E-state index < -0.39 is 11.7 Å². The molecule has 2 aromatic carbocycles. The van der Waals surface area contributed by atoms with Gasteiger partial charge in [0.25, 0.3) is 0 Å². The van der Waals surface area contributed by atoms with Gasteiger partial charge in [0.2, 0.25) is 11.8 Å². The molecule has 0 saturated heterocycles. The minimum absolute atomic E-state index is 0.0232. The molecular formula is C29H30ClFN4O4. The third-order valence-corrected chi connectivity index (χ3v) is 7.47. The highest BCUT2D eigenvalue weighted by Gasteiger charge is 2.34. The number of carbonyl (C=O) groups is 4. The van der Waals surface area contributed by atoms with Gasteiger partial charge in [-0.1, -0.05) is 29.8 Å². The number of nitrogens with one attached hydrogen (secondary N) is 1. The predicted octanol–water partition coefficient (Wildman–Crippen LogP) is 4.25. The fourth-order valence-electron chi connectivity index (χ4n) is 4.78. The van der Waals surface area contributed by atoms with Crippen LogP contribution in [0, 0.1) is 11.7 Å². The first-order valence-electron chi connectivity index (χ1n) is 13.2. The lowest BCUT2D eigenvalue weighted by Crippen LogP contribution is -2.43. The van der Waals surface area contributed by atoms with Crippen molar-refractivity contribution in [2.24, 2.45) is 5.92 Å². The van der Waals surface area contributed by atoms with Crippen LogP contribution < -0.4 is 5.32 Å². The number of carbonyl (C=O) groups excluding carboxylic acids is 4. The molecule has 2 saturated carbocycles. The molecule has 0 aliphatic heterocycles. The first-order valence-corrected chi connectivity index (χ1v) is 13.6. The van der Waals surface area contributed by atoms with Crippen molar-refractivity contribution in [2.75, 3.05) is 6.54 Å². The van der Waals surface area contributed by atoms with E-state index in [0.29, 0.717) is 29.7 Å². The van der Waals surface area contributed by atoms with E-state index in [0.717, 1.165) is 31.2 Å². The summed E-state index contributed by atoms with van der Waals surface area (Å²) < 4.78 is 15.6. The van der Waals surface area contributed by atoms with E-state index >= 15 is 0 Å². The standard InChI is InChI=1S/C29H30ClFN4O4/c1-17(36)29-23-13-19(12-22(37)11-18-5-6-18)7-10-25(23)35(33-29)16-27(39)34(21-8-9-21)15-26(38)32-14-20-3-2-4-24(30)28(20)31/h2-4,7,10,13,18,21H,5-6,8-9,11-12,14-16H2,1H3,(H,32,38). The van der Waals surface area contributed by atoms with Crippen LogP contribution in [0.15, 0.2) is 36.4 Å². The van der Waals surface area contributed by atoms with Crippen molar-refractivity contribution in [3.8, 4) is 0 Å². The maximum absolute atomic E-state index is 14.2. The van der Waals surface area contributed by atoms with E-state index in [9.17, 15) is 23.6 Å². The Morgan fingerprint density at radius 3 is 2.59 bits per heavy atom. The Bertz CT molecular complexity index is 1460. The summed E-state index contributed by atoms with van der Waals surface area (Å²) in [6.07, 6.45) is 4.69. The third-order valence-electron chi connectivity index (χ3n) is 7.18. The average molecular weight is 553 g/mol. The zero-order valence-corrected chi connectivity index (χ0v) is 22.5. The lowest BCUT2D eigenvalue weighted by Gasteiger charge is -2.22. The highest BCUT2D eigenvalue weighted by atomic mass is 35.5. The molecular weight excluding hydrogens is 523 g/mol. The highest BCUT2D eigenvalue weighted by Crippen LogP contribution is 2.33. The van der Waals surface area contributed by atoms with Crippen LogP contribution in [0.25, 0.3) is 10.9 Å². The SMILES string of the molecule is CC(=O)c1nn(CC(=O)N(CC(=O)NCc2cccc(Cl)c2F)C2CC2)c2ccc(CC(=O)CC3CC3)cc12. The molecule has 0 bridgehead atoms. The van der Waals surface area contributed by atoms with Gasteiger partial charge in [0, 0.05) is 43.3 Å². The molecule has 2 fully saturated rings. The Kier molecular flexibility index (Phi) is 7.79. The molecule has 204 valence electrons. The van der Waals surface area contributed by atoms with Crippen LogP contribution in [0.5, 0.6) is 0 Å². The van der Waals surface area contributed by atoms with Crippen molar-refractivity contribution in [1.82, 2.24) is 20.0 Å². The minimum Gasteiger partial charge on any atom is -0.350 e. The van der Waals surface area contributed by atoms with Crippen LogP contribution in [-0.2, 0) is 33.9 Å². The summed E-state index contributed by atoms with van der Waals surface area (Å²) in [5.41, 5.74) is 1.93. The van der Waals surface area contributed by atoms with E-state index in [1.807, 2.05) is 12.1 Å². The van der Waals surface area contributed by atoms with Gasteiger partial charge in [-0.15, -0.1) is 0 Å². The molecule has 0 spiro atoms. The van der Waals surface area contributed by atoms with Gasteiger partial charge < -0.3 is 10.2 Å². The summed E-state index contributed by atoms with van der Waals surface area (Å²) in [6.45, 7) is 1.06. The first-order chi connectivity index (χ1) is 18.7. The summed E-state index contributed by atoms with van der Waals surface area (Å²) in [5.74, 6) is -0.844. The van der Waals surface area contributed by atoms with Crippen LogP contribution >= 0.6 is 11.6 Å². The zero-order valence-electron chi connectivity index (χ0n) is 21.7. The molecule has 5 rings (SSSR count). The van der Waals surface area contributed by atoms with Crippen molar-refractivity contribution in [3.63, 3.8) is 0 Å². The van der Waals surface area contributed by atoms with Crippen molar-refractivity contribution in [2.45, 2.75) is 64.6 Å². The molecule has 0 atom stereocenters. The van der Waals surface area contributed by atoms with Gasteiger partial charge in [-0.2, -0.15) is 5.10 Å². The summed E-state index contributed by atoms with van der Waals surface area (Å²) in [6, 6.07) is 9.95. The molecule has 39 heavy (non-hydrogen) atoms. The lowest BCUT2D eigenvalue weighted by atomic mass is 10.0. The fraction of sp³-hybridized carbons (Fsp3) is 0.414. The van der Waals surface area contributed by atoms with Gasteiger partial charge in [-0.25, -0.2) is 4.39 Å². The number of hydrogen-bond donors (Lipinski definition) is 1. The van der Waals surface area contributed by atoms with Gasteiger partial charge in [-0.05, 0) is 55.4 Å². The maximum atomic E-state index is 14.2. The van der Waals surface area contributed by atoms with E-state index in [1.54, 1.807) is 12.1 Å². The number of amides is 2. The van der Waals surface area contributed by atoms with Crippen LogP contribution in [0.2, 0.25) is 5.02 Å². The molecule has 10 heteroatoms. The van der Waals surface area contributed by atoms with E-state index in [4.69, 9.17) is 11.6 Å². The van der Waals surface area contributed by atoms with Crippen molar-refractivity contribution < 1.29 is 23.6 Å². The van der Waals surface area contributed by atoms with Crippen molar-refractivity contribution >= 4 is 45.9 Å². The van der Waals surface area contributed by atoms with Gasteiger partial charge in [0.05, 0.1) is 17.1 Å². The first kappa shape index (κ1) is 27.0. The Balaban J connectivity index is 1.28. The van der Waals surface area contributed by atoms with Crippen LogP contribution in [0.1, 0.15) is 60.6 Å². The Morgan fingerprint density at radius 2 is 1.90 bits per heavy atom. The molecule has 0 radical (unpaired) electrons. The number of hydrogen-bond acceptors (Lipinski definition) is 5. The Morgan fingerprint density at radius 1 is 1.13 bits per heavy atom. The number of benzene rings is 2. The topological polar surface area (TPSA) is 101 Å². The van der Waals surface area contributed by atoms with Crippen LogP contribution in [0.3, 0.4) is 0 Å². The molecule has 2 amide bonds. The molecule has 1 aromatic heterocycles. The minimum atomic E-state index is -0.586. The molecule has 2 aliphatic rings. The maximum Gasteiger partial charge on any atom is 0.245 e.